The van der Waals surface area contributed by atoms with E-state index in [-0.39, 0.29) is 5.91 Å². The molecule has 6 heteroatoms. The van der Waals surface area contributed by atoms with Crippen molar-refractivity contribution in [3.8, 4) is 11.5 Å². The van der Waals surface area contributed by atoms with Crippen LogP contribution in [0.25, 0.3) is 0 Å². The van der Waals surface area contributed by atoms with Crippen molar-refractivity contribution in [2.24, 2.45) is 0 Å². The molecule has 0 heterocycles. The van der Waals surface area contributed by atoms with E-state index in [0.29, 0.717) is 40.1 Å². The summed E-state index contributed by atoms with van der Waals surface area (Å²) in [5.41, 5.74) is 1.32. The van der Waals surface area contributed by atoms with E-state index in [9.17, 15) is 4.79 Å². The number of amides is 1. The van der Waals surface area contributed by atoms with Gasteiger partial charge in [0, 0.05) is 6.54 Å². The molecule has 0 radical (unpaired) electrons. The van der Waals surface area contributed by atoms with Gasteiger partial charge in [0.15, 0.2) is 11.5 Å². The second-order valence-corrected chi connectivity index (χ2v) is 5.61. The molecule has 0 fully saturated rings. The molecule has 0 saturated heterocycles. The molecule has 0 saturated carbocycles. The minimum atomic E-state index is -0.291. The van der Waals surface area contributed by atoms with Crippen LogP contribution in [0.5, 0.6) is 11.5 Å². The van der Waals surface area contributed by atoms with E-state index in [1.54, 1.807) is 32.4 Å². The molecule has 0 aromatic heterocycles. The first-order valence-corrected chi connectivity index (χ1v) is 7.75. The van der Waals surface area contributed by atoms with Crippen LogP contribution < -0.4 is 14.8 Å². The molecule has 2 aromatic rings. The van der Waals surface area contributed by atoms with Crippen LogP contribution in [0.1, 0.15) is 15.9 Å². The Morgan fingerprint density at radius 2 is 1.70 bits per heavy atom. The van der Waals surface area contributed by atoms with Gasteiger partial charge in [-0.2, -0.15) is 0 Å². The number of ether oxygens (including phenoxy) is 2. The second kappa shape index (κ2) is 8.09. The van der Waals surface area contributed by atoms with Crippen LogP contribution in [0.3, 0.4) is 0 Å². The number of nitrogens with one attached hydrogen (secondary N) is 1. The number of rotatable bonds is 6. The van der Waals surface area contributed by atoms with Gasteiger partial charge in [0.25, 0.3) is 5.91 Å². The Balaban J connectivity index is 1.98. The first-order chi connectivity index (χ1) is 11.1. The largest absolute Gasteiger partial charge is 0.493 e. The Morgan fingerprint density at radius 1 is 1.04 bits per heavy atom. The minimum absolute atomic E-state index is 0.291. The van der Waals surface area contributed by atoms with E-state index in [4.69, 9.17) is 32.7 Å². The lowest BCUT2D eigenvalue weighted by molar-refractivity contribution is 0.0954. The van der Waals surface area contributed by atoms with Crippen molar-refractivity contribution in [3.63, 3.8) is 0 Å². The summed E-state index contributed by atoms with van der Waals surface area (Å²) < 4.78 is 10.5. The summed E-state index contributed by atoms with van der Waals surface area (Å²) in [5.74, 6) is 1.04. The van der Waals surface area contributed by atoms with E-state index in [0.717, 1.165) is 5.56 Å². The zero-order valence-corrected chi connectivity index (χ0v) is 14.4. The monoisotopic (exact) mass is 353 g/mol. The van der Waals surface area contributed by atoms with Gasteiger partial charge in [0.1, 0.15) is 0 Å². The van der Waals surface area contributed by atoms with E-state index in [1.165, 1.54) is 0 Å². The molecular weight excluding hydrogens is 337 g/mol. The summed E-state index contributed by atoms with van der Waals surface area (Å²) in [5, 5.41) is 3.48. The third kappa shape index (κ3) is 4.30. The summed E-state index contributed by atoms with van der Waals surface area (Å²) in [4.78, 5) is 12.2. The number of halogens is 2. The standard InChI is InChI=1S/C17H17Cl2NO3/c1-22-14-7-6-11(10-15(14)23-2)8-9-20-17(21)16-12(18)4-3-5-13(16)19/h3-7,10H,8-9H2,1-2H3,(H,20,21). The first-order valence-electron chi connectivity index (χ1n) is 7.00. The molecule has 0 unspecified atom stereocenters. The van der Waals surface area contributed by atoms with Crippen LogP contribution in [-0.2, 0) is 6.42 Å². The number of hydrogen-bond donors (Lipinski definition) is 1. The van der Waals surface area contributed by atoms with E-state index in [2.05, 4.69) is 5.32 Å². The molecule has 122 valence electrons. The molecule has 4 nitrogen and oxygen atoms in total. The zero-order valence-electron chi connectivity index (χ0n) is 12.9. The van der Waals surface area contributed by atoms with Gasteiger partial charge in [0.05, 0.1) is 29.8 Å². The highest BCUT2D eigenvalue weighted by molar-refractivity contribution is 6.39. The van der Waals surface area contributed by atoms with Crippen molar-refractivity contribution < 1.29 is 14.3 Å². The smallest absolute Gasteiger partial charge is 0.254 e. The van der Waals surface area contributed by atoms with Gasteiger partial charge >= 0.3 is 0 Å². The van der Waals surface area contributed by atoms with Crippen LogP contribution in [0.2, 0.25) is 10.0 Å². The van der Waals surface area contributed by atoms with Crippen molar-refractivity contribution >= 4 is 29.1 Å². The molecule has 1 N–H and O–H groups in total. The Morgan fingerprint density at radius 3 is 2.30 bits per heavy atom. The number of carbonyl (C=O) groups is 1. The Hall–Kier alpha value is -1.91. The fourth-order valence-electron chi connectivity index (χ4n) is 2.16. The van der Waals surface area contributed by atoms with Gasteiger partial charge in [-0.05, 0) is 36.2 Å². The van der Waals surface area contributed by atoms with Crippen LogP contribution in [0, 0.1) is 0 Å². The van der Waals surface area contributed by atoms with Gasteiger partial charge in [-0.25, -0.2) is 0 Å². The molecule has 0 bridgehead atoms. The average molecular weight is 354 g/mol. The van der Waals surface area contributed by atoms with Crippen LogP contribution >= 0.6 is 23.2 Å². The zero-order chi connectivity index (χ0) is 16.8. The second-order valence-electron chi connectivity index (χ2n) is 4.79. The lowest BCUT2D eigenvalue weighted by Crippen LogP contribution is -2.26. The molecule has 23 heavy (non-hydrogen) atoms. The molecule has 2 rings (SSSR count). The minimum Gasteiger partial charge on any atom is -0.493 e. The maximum absolute atomic E-state index is 12.2. The molecule has 1 amide bonds. The number of hydrogen-bond acceptors (Lipinski definition) is 3. The molecule has 0 aliphatic carbocycles. The van der Waals surface area contributed by atoms with Crippen molar-refractivity contribution in [2.45, 2.75) is 6.42 Å². The highest BCUT2D eigenvalue weighted by Gasteiger charge is 2.14. The van der Waals surface area contributed by atoms with Gasteiger partial charge in [-0.1, -0.05) is 35.3 Å². The van der Waals surface area contributed by atoms with Crippen molar-refractivity contribution in [3.05, 3.63) is 57.6 Å². The molecule has 2 aromatic carbocycles. The molecule has 0 spiro atoms. The van der Waals surface area contributed by atoms with Gasteiger partial charge in [-0.3, -0.25) is 4.79 Å². The summed E-state index contributed by atoms with van der Waals surface area (Å²) in [6, 6.07) is 10.6. The molecular formula is C17H17Cl2NO3. The Kier molecular flexibility index (Phi) is 6.13. The predicted molar refractivity (Wildman–Crippen MR) is 92.0 cm³/mol. The van der Waals surface area contributed by atoms with Crippen LogP contribution in [-0.4, -0.2) is 26.7 Å². The third-order valence-corrected chi connectivity index (χ3v) is 3.97. The summed E-state index contributed by atoms with van der Waals surface area (Å²) in [7, 11) is 3.17. The average Bonchev–Trinajstić information content (AvgIpc) is 2.54. The van der Waals surface area contributed by atoms with Crippen LogP contribution in [0.15, 0.2) is 36.4 Å². The number of carbonyl (C=O) groups excluding carboxylic acids is 1. The maximum Gasteiger partial charge on any atom is 0.254 e. The highest BCUT2D eigenvalue weighted by atomic mass is 35.5. The predicted octanol–water partition coefficient (Wildman–Crippen LogP) is 3.98. The topological polar surface area (TPSA) is 47.6 Å². The molecule has 0 aliphatic rings. The van der Waals surface area contributed by atoms with Crippen LogP contribution in [0.4, 0.5) is 0 Å². The van der Waals surface area contributed by atoms with E-state index >= 15 is 0 Å². The quantitative estimate of drug-likeness (QED) is 0.854. The SMILES string of the molecule is COc1ccc(CCNC(=O)c2c(Cl)cccc2Cl)cc1OC. The van der Waals surface area contributed by atoms with Gasteiger partial charge < -0.3 is 14.8 Å². The summed E-state index contributed by atoms with van der Waals surface area (Å²) in [6.07, 6.45) is 0.647. The van der Waals surface area contributed by atoms with Crippen molar-refractivity contribution in [1.29, 1.82) is 0 Å². The summed E-state index contributed by atoms with van der Waals surface area (Å²) >= 11 is 12.0. The normalized spacial score (nSPS) is 10.3. The fourth-order valence-corrected chi connectivity index (χ4v) is 2.73. The molecule has 0 atom stereocenters. The first kappa shape index (κ1) is 17.4. The summed E-state index contributed by atoms with van der Waals surface area (Å²) in [6.45, 7) is 0.454. The number of benzene rings is 2. The van der Waals surface area contributed by atoms with E-state index < -0.39 is 0 Å². The van der Waals surface area contributed by atoms with E-state index in [1.807, 2.05) is 18.2 Å². The number of methoxy groups -OCH3 is 2. The highest BCUT2D eigenvalue weighted by Crippen LogP contribution is 2.27. The lowest BCUT2D eigenvalue weighted by atomic mass is 10.1. The Labute approximate surface area is 145 Å². The fraction of sp³-hybridized carbons (Fsp3) is 0.235. The third-order valence-electron chi connectivity index (χ3n) is 3.34. The maximum atomic E-state index is 12.2. The Bertz CT molecular complexity index is 684. The van der Waals surface area contributed by atoms with Gasteiger partial charge in [-0.15, -0.1) is 0 Å². The van der Waals surface area contributed by atoms with Crippen molar-refractivity contribution in [2.75, 3.05) is 20.8 Å². The van der Waals surface area contributed by atoms with Gasteiger partial charge in [0.2, 0.25) is 0 Å². The molecule has 0 aliphatic heterocycles. The van der Waals surface area contributed by atoms with Crippen molar-refractivity contribution in [1.82, 2.24) is 5.32 Å². The lowest BCUT2D eigenvalue weighted by Gasteiger charge is -2.11.